The Hall–Kier alpha value is -1.82. The van der Waals surface area contributed by atoms with Crippen LogP contribution >= 0.6 is 15.9 Å². The Morgan fingerprint density at radius 1 is 1.00 bits per heavy atom. The number of alkyl halides is 3. The topological polar surface area (TPSA) is 29.1 Å². The Morgan fingerprint density at radius 3 is 2.08 bits per heavy atom. The van der Waals surface area contributed by atoms with Gasteiger partial charge in [-0.2, -0.15) is 13.2 Å². The third-order valence-corrected chi connectivity index (χ3v) is 4.33. The first-order chi connectivity index (χ1) is 11.6. The highest BCUT2D eigenvalue weighted by molar-refractivity contribution is 9.10. The van der Waals surface area contributed by atoms with Gasteiger partial charge in [0.1, 0.15) is 0 Å². The molecule has 1 N–H and O–H groups in total. The SMILES string of the molecule is CC(C)(CNC(=O)c1ccc(C(F)(F)F)cc1)Cc1ccc(Br)cc1. The molecular weight excluding hydrogens is 395 g/mol. The number of amides is 1. The number of hydrogen-bond acceptors (Lipinski definition) is 1. The van der Waals surface area contributed by atoms with Gasteiger partial charge in [0.05, 0.1) is 5.56 Å². The number of nitrogens with one attached hydrogen (secondary N) is 1. The van der Waals surface area contributed by atoms with Crippen LogP contribution in [0, 0.1) is 5.41 Å². The third-order valence-electron chi connectivity index (χ3n) is 3.80. The van der Waals surface area contributed by atoms with Crippen molar-refractivity contribution in [2.45, 2.75) is 26.4 Å². The van der Waals surface area contributed by atoms with Crippen molar-refractivity contribution in [2.75, 3.05) is 6.54 Å². The van der Waals surface area contributed by atoms with Crippen LogP contribution in [0.4, 0.5) is 13.2 Å². The van der Waals surface area contributed by atoms with Crippen LogP contribution in [0.15, 0.2) is 53.0 Å². The van der Waals surface area contributed by atoms with Crippen molar-refractivity contribution < 1.29 is 18.0 Å². The Morgan fingerprint density at radius 2 is 1.56 bits per heavy atom. The second kappa shape index (κ2) is 7.60. The van der Waals surface area contributed by atoms with E-state index in [0.717, 1.165) is 28.6 Å². The highest BCUT2D eigenvalue weighted by Crippen LogP contribution is 2.29. The molecule has 0 aromatic heterocycles. The van der Waals surface area contributed by atoms with E-state index in [0.29, 0.717) is 6.54 Å². The summed E-state index contributed by atoms with van der Waals surface area (Å²) >= 11 is 3.39. The molecule has 134 valence electrons. The van der Waals surface area contributed by atoms with Crippen LogP contribution < -0.4 is 5.32 Å². The van der Waals surface area contributed by atoms with Gasteiger partial charge in [-0.15, -0.1) is 0 Å². The second-order valence-corrected chi connectivity index (χ2v) is 7.64. The summed E-state index contributed by atoms with van der Waals surface area (Å²) in [5, 5.41) is 2.80. The van der Waals surface area contributed by atoms with Gasteiger partial charge in [-0.3, -0.25) is 4.79 Å². The molecule has 6 heteroatoms. The fourth-order valence-corrected chi connectivity index (χ4v) is 2.71. The van der Waals surface area contributed by atoms with E-state index in [-0.39, 0.29) is 16.9 Å². The molecular formula is C19H19BrF3NO. The van der Waals surface area contributed by atoms with Gasteiger partial charge in [0.15, 0.2) is 0 Å². The average molecular weight is 414 g/mol. The fraction of sp³-hybridized carbons (Fsp3) is 0.316. The lowest BCUT2D eigenvalue weighted by molar-refractivity contribution is -0.137. The molecule has 0 radical (unpaired) electrons. The van der Waals surface area contributed by atoms with Crippen LogP contribution in [0.5, 0.6) is 0 Å². The van der Waals surface area contributed by atoms with Crippen molar-refractivity contribution in [3.8, 4) is 0 Å². The largest absolute Gasteiger partial charge is 0.416 e. The Kier molecular flexibility index (Phi) is 5.93. The summed E-state index contributed by atoms with van der Waals surface area (Å²) in [6, 6.07) is 12.2. The molecule has 0 aliphatic heterocycles. The predicted octanol–water partition coefficient (Wildman–Crippen LogP) is 5.47. The van der Waals surface area contributed by atoms with Crippen LogP contribution in [-0.4, -0.2) is 12.5 Å². The Bertz CT molecular complexity index is 722. The third kappa shape index (κ3) is 5.88. The van der Waals surface area contributed by atoms with Crippen LogP contribution in [0.25, 0.3) is 0 Å². The molecule has 0 spiro atoms. The van der Waals surface area contributed by atoms with E-state index in [4.69, 9.17) is 0 Å². The standard InChI is InChI=1S/C19H19BrF3NO/c1-18(2,11-13-3-9-16(20)10-4-13)12-24-17(25)14-5-7-15(8-6-14)19(21,22)23/h3-10H,11-12H2,1-2H3,(H,24,25). The lowest BCUT2D eigenvalue weighted by Gasteiger charge is -2.25. The molecule has 0 unspecified atom stereocenters. The number of carbonyl (C=O) groups is 1. The van der Waals surface area contributed by atoms with E-state index in [1.165, 1.54) is 12.1 Å². The predicted molar refractivity (Wildman–Crippen MR) is 95.4 cm³/mol. The highest BCUT2D eigenvalue weighted by atomic mass is 79.9. The minimum atomic E-state index is -4.40. The second-order valence-electron chi connectivity index (χ2n) is 6.73. The van der Waals surface area contributed by atoms with Crippen molar-refractivity contribution in [2.24, 2.45) is 5.41 Å². The first-order valence-electron chi connectivity index (χ1n) is 7.77. The molecule has 25 heavy (non-hydrogen) atoms. The van der Waals surface area contributed by atoms with Gasteiger partial charge in [-0.05, 0) is 53.8 Å². The summed E-state index contributed by atoms with van der Waals surface area (Å²) in [7, 11) is 0. The molecule has 0 aliphatic rings. The quantitative estimate of drug-likeness (QED) is 0.691. The molecule has 0 atom stereocenters. The van der Waals surface area contributed by atoms with Gasteiger partial charge in [0.25, 0.3) is 5.91 Å². The van der Waals surface area contributed by atoms with E-state index in [1.807, 2.05) is 38.1 Å². The van der Waals surface area contributed by atoms with Crippen molar-refractivity contribution >= 4 is 21.8 Å². The summed E-state index contributed by atoms with van der Waals surface area (Å²) in [5.41, 5.74) is 0.416. The monoisotopic (exact) mass is 413 g/mol. The maximum Gasteiger partial charge on any atom is 0.416 e. The summed E-state index contributed by atoms with van der Waals surface area (Å²) in [6.07, 6.45) is -3.63. The van der Waals surface area contributed by atoms with E-state index in [9.17, 15) is 18.0 Å². The smallest absolute Gasteiger partial charge is 0.351 e. The first-order valence-corrected chi connectivity index (χ1v) is 8.56. The minimum Gasteiger partial charge on any atom is -0.351 e. The van der Waals surface area contributed by atoms with E-state index < -0.39 is 11.7 Å². The van der Waals surface area contributed by atoms with Gasteiger partial charge in [0.2, 0.25) is 0 Å². The lowest BCUT2D eigenvalue weighted by Crippen LogP contribution is -2.35. The maximum absolute atomic E-state index is 12.6. The molecule has 2 aromatic carbocycles. The van der Waals surface area contributed by atoms with Crippen LogP contribution in [0.1, 0.15) is 35.3 Å². The molecule has 1 amide bonds. The molecule has 0 fully saturated rings. The summed E-state index contributed by atoms with van der Waals surface area (Å²) in [5.74, 6) is -0.377. The molecule has 0 heterocycles. The number of benzene rings is 2. The van der Waals surface area contributed by atoms with Crippen LogP contribution in [-0.2, 0) is 12.6 Å². The zero-order valence-corrected chi connectivity index (χ0v) is 15.5. The molecule has 0 bridgehead atoms. The van der Waals surface area contributed by atoms with Gasteiger partial charge >= 0.3 is 6.18 Å². The number of hydrogen-bond donors (Lipinski definition) is 1. The summed E-state index contributed by atoms with van der Waals surface area (Å²) in [6.45, 7) is 4.48. The van der Waals surface area contributed by atoms with Crippen LogP contribution in [0.2, 0.25) is 0 Å². The van der Waals surface area contributed by atoms with Gasteiger partial charge in [0, 0.05) is 16.6 Å². The molecule has 0 aliphatic carbocycles. The molecule has 0 saturated carbocycles. The Labute approximate surface area is 153 Å². The van der Waals surface area contributed by atoms with Crippen molar-refractivity contribution in [3.63, 3.8) is 0 Å². The van der Waals surface area contributed by atoms with E-state index in [1.54, 1.807) is 0 Å². The normalized spacial score (nSPS) is 12.1. The van der Waals surface area contributed by atoms with Gasteiger partial charge in [-0.1, -0.05) is 41.9 Å². The Balaban J connectivity index is 1.95. The molecule has 2 rings (SSSR count). The minimum absolute atomic E-state index is 0.185. The van der Waals surface area contributed by atoms with E-state index >= 15 is 0 Å². The number of rotatable bonds is 5. The zero-order valence-electron chi connectivity index (χ0n) is 14.0. The van der Waals surface area contributed by atoms with Crippen molar-refractivity contribution in [1.29, 1.82) is 0 Å². The van der Waals surface area contributed by atoms with Crippen molar-refractivity contribution in [3.05, 3.63) is 69.7 Å². The first kappa shape index (κ1) is 19.5. The summed E-state index contributed by atoms with van der Waals surface area (Å²) in [4.78, 5) is 12.2. The lowest BCUT2D eigenvalue weighted by atomic mass is 9.85. The fourth-order valence-electron chi connectivity index (χ4n) is 2.45. The molecule has 2 aromatic rings. The van der Waals surface area contributed by atoms with E-state index in [2.05, 4.69) is 21.2 Å². The number of carbonyl (C=O) groups excluding carboxylic acids is 1. The highest BCUT2D eigenvalue weighted by Gasteiger charge is 2.30. The zero-order chi connectivity index (χ0) is 18.7. The van der Waals surface area contributed by atoms with Crippen LogP contribution in [0.3, 0.4) is 0 Å². The van der Waals surface area contributed by atoms with Gasteiger partial charge < -0.3 is 5.32 Å². The molecule has 2 nitrogen and oxygen atoms in total. The van der Waals surface area contributed by atoms with Crippen molar-refractivity contribution in [1.82, 2.24) is 5.32 Å². The summed E-state index contributed by atoms with van der Waals surface area (Å²) < 4.78 is 38.7. The number of halogens is 4. The maximum atomic E-state index is 12.6. The molecule has 0 saturated heterocycles. The average Bonchev–Trinajstić information content (AvgIpc) is 2.54. The van der Waals surface area contributed by atoms with Gasteiger partial charge in [-0.25, -0.2) is 0 Å².